The lowest BCUT2D eigenvalue weighted by Crippen LogP contribution is -2.46. The standard InChI is InChI=1S/C28H38N2O8/c1-32-22-9-8-21(26(35-4)28(22)37-6)19-30-13-11-29(12-14-30)15-16-38-25(31)10-7-20-17-23(33-2)27(36-5)24(18-20)34-3/h7-10,17-18H,11-16,19H2,1-6H3. The molecule has 0 radical (unpaired) electrons. The van der Waals surface area contributed by atoms with Crippen LogP contribution in [0.5, 0.6) is 34.5 Å². The molecular weight excluding hydrogens is 492 g/mol. The summed E-state index contributed by atoms with van der Waals surface area (Å²) in [6, 6.07) is 7.44. The Kier molecular flexibility index (Phi) is 10.9. The number of carbonyl (C=O) groups is 1. The first-order valence-corrected chi connectivity index (χ1v) is 12.3. The Bertz CT molecular complexity index is 1070. The molecule has 10 heteroatoms. The molecule has 0 amide bonds. The first kappa shape index (κ1) is 28.9. The second kappa shape index (κ2) is 14.3. The third kappa shape index (κ3) is 7.23. The number of methoxy groups -OCH3 is 6. The summed E-state index contributed by atoms with van der Waals surface area (Å²) in [6.45, 7) is 5.30. The topological polar surface area (TPSA) is 88.2 Å². The van der Waals surface area contributed by atoms with Gasteiger partial charge in [-0.15, -0.1) is 0 Å². The van der Waals surface area contributed by atoms with E-state index in [0.717, 1.165) is 43.9 Å². The molecule has 0 saturated carbocycles. The predicted molar refractivity (Wildman–Crippen MR) is 144 cm³/mol. The van der Waals surface area contributed by atoms with Gasteiger partial charge in [0.1, 0.15) is 6.61 Å². The van der Waals surface area contributed by atoms with Crippen molar-refractivity contribution in [3.05, 3.63) is 41.5 Å². The zero-order valence-corrected chi connectivity index (χ0v) is 23.1. The van der Waals surface area contributed by atoms with Gasteiger partial charge in [-0.2, -0.15) is 0 Å². The number of rotatable bonds is 13. The molecule has 1 heterocycles. The van der Waals surface area contributed by atoms with Gasteiger partial charge >= 0.3 is 5.97 Å². The molecule has 0 spiro atoms. The smallest absolute Gasteiger partial charge is 0.330 e. The number of ether oxygens (including phenoxy) is 7. The van der Waals surface area contributed by atoms with Crippen LogP contribution in [0.3, 0.4) is 0 Å². The number of benzene rings is 2. The Morgan fingerprint density at radius 2 is 1.32 bits per heavy atom. The molecule has 3 rings (SSSR count). The summed E-state index contributed by atoms with van der Waals surface area (Å²) in [6.07, 6.45) is 3.06. The summed E-state index contributed by atoms with van der Waals surface area (Å²) in [5.74, 6) is 3.07. The maximum Gasteiger partial charge on any atom is 0.330 e. The molecule has 0 bridgehead atoms. The molecule has 0 aromatic heterocycles. The van der Waals surface area contributed by atoms with Crippen LogP contribution in [0.2, 0.25) is 0 Å². The van der Waals surface area contributed by atoms with Crippen LogP contribution in [-0.4, -0.2) is 97.8 Å². The Morgan fingerprint density at radius 3 is 1.87 bits per heavy atom. The number of nitrogens with zero attached hydrogens (tertiary/aromatic N) is 2. The highest BCUT2D eigenvalue weighted by Gasteiger charge is 2.21. The second-order valence-corrected chi connectivity index (χ2v) is 8.57. The van der Waals surface area contributed by atoms with E-state index in [2.05, 4.69) is 9.80 Å². The highest BCUT2D eigenvalue weighted by atomic mass is 16.5. The fourth-order valence-electron chi connectivity index (χ4n) is 4.38. The van der Waals surface area contributed by atoms with E-state index in [-0.39, 0.29) is 0 Å². The third-order valence-electron chi connectivity index (χ3n) is 6.40. The predicted octanol–water partition coefficient (Wildman–Crippen LogP) is 3.11. The lowest BCUT2D eigenvalue weighted by molar-refractivity contribution is -0.138. The van der Waals surface area contributed by atoms with Crippen LogP contribution in [0.4, 0.5) is 0 Å². The lowest BCUT2D eigenvalue weighted by atomic mass is 10.1. The highest BCUT2D eigenvalue weighted by Crippen LogP contribution is 2.40. The molecule has 1 aliphatic heterocycles. The first-order valence-electron chi connectivity index (χ1n) is 12.3. The molecule has 208 valence electrons. The summed E-state index contributed by atoms with van der Waals surface area (Å²) >= 11 is 0. The van der Waals surface area contributed by atoms with Crippen LogP contribution < -0.4 is 28.4 Å². The number of hydrogen-bond donors (Lipinski definition) is 0. The monoisotopic (exact) mass is 530 g/mol. The molecule has 38 heavy (non-hydrogen) atoms. The molecule has 2 aromatic carbocycles. The fourth-order valence-corrected chi connectivity index (χ4v) is 4.38. The zero-order chi connectivity index (χ0) is 27.5. The minimum Gasteiger partial charge on any atom is -0.493 e. The third-order valence-corrected chi connectivity index (χ3v) is 6.40. The van der Waals surface area contributed by atoms with Gasteiger partial charge < -0.3 is 33.2 Å². The summed E-state index contributed by atoms with van der Waals surface area (Å²) in [4.78, 5) is 16.9. The van der Waals surface area contributed by atoms with Crippen LogP contribution in [0, 0.1) is 0 Å². The van der Waals surface area contributed by atoms with Gasteiger partial charge in [-0.1, -0.05) is 6.07 Å². The Hall–Kier alpha value is -3.63. The number of esters is 1. The molecule has 10 nitrogen and oxygen atoms in total. The Balaban J connectivity index is 1.45. The molecule has 1 fully saturated rings. The largest absolute Gasteiger partial charge is 0.493 e. The number of hydrogen-bond acceptors (Lipinski definition) is 10. The van der Waals surface area contributed by atoms with Crippen molar-refractivity contribution in [2.45, 2.75) is 6.54 Å². The van der Waals surface area contributed by atoms with Crippen molar-refractivity contribution in [3.63, 3.8) is 0 Å². The van der Waals surface area contributed by atoms with Crippen molar-refractivity contribution in [2.24, 2.45) is 0 Å². The molecule has 0 unspecified atom stereocenters. The van der Waals surface area contributed by atoms with Crippen molar-refractivity contribution in [3.8, 4) is 34.5 Å². The average molecular weight is 531 g/mol. The van der Waals surface area contributed by atoms with E-state index in [1.54, 1.807) is 60.9 Å². The number of piperazine rings is 1. The van der Waals surface area contributed by atoms with Crippen LogP contribution in [0.25, 0.3) is 6.08 Å². The molecule has 2 aromatic rings. The van der Waals surface area contributed by atoms with Gasteiger partial charge in [-0.25, -0.2) is 4.79 Å². The van der Waals surface area contributed by atoms with E-state index < -0.39 is 5.97 Å². The van der Waals surface area contributed by atoms with Crippen LogP contribution in [-0.2, 0) is 16.1 Å². The Morgan fingerprint density at radius 1 is 0.737 bits per heavy atom. The quantitative estimate of drug-likeness (QED) is 0.284. The van der Waals surface area contributed by atoms with Gasteiger partial charge in [0.25, 0.3) is 0 Å². The zero-order valence-electron chi connectivity index (χ0n) is 23.1. The molecule has 0 N–H and O–H groups in total. The van der Waals surface area contributed by atoms with Gasteiger partial charge in [-0.05, 0) is 29.8 Å². The molecule has 1 aliphatic rings. The van der Waals surface area contributed by atoms with Gasteiger partial charge in [-0.3, -0.25) is 9.80 Å². The van der Waals surface area contributed by atoms with E-state index in [0.29, 0.717) is 47.6 Å². The summed E-state index contributed by atoms with van der Waals surface area (Å²) in [5.41, 5.74) is 1.78. The first-order chi connectivity index (χ1) is 18.5. The molecule has 0 aliphatic carbocycles. The number of carbonyl (C=O) groups excluding carboxylic acids is 1. The minimum absolute atomic E-state index is 0.321. The van der Waals surface area contributed by atoms with Crippen molar-refractivity contribution >= 4 is 12.0 Å². The van der Waals surface area contributed by atoms with Crippen LogP contribution >= 0.6 is 0 Å². The van der Waals surface area contributed by atoms with Crippen LogP contribution in [0.1, 0.15) is 11.1 Å². The molecule has 0 atom stereocenters. The molecular formula is C28H38N2O8. The van der Waals surface area contributed by atoms with Crippen molar-refractivity contribution in [1.82, 2.24) is 9.80 Å². The van der Waals surface area contributed by atoms with Gasteiger partial charge in [0, 0.05) is 50.9 Å². The van der Waals surface area contributed by atoms with Gasteiger partial charge in [0.15, 0.2) is 23.0 Å². The van der Waals surface area contributed by atoms with E-state index in [1.165, 1.54) is 6.08 Å². The summed E-state index contributed by atoms with van der Waals surface area (Å²) in [5, 5.41) is 0. The highest BCUT2D eigenvalue weighted by molar-refractivity contribution is 5.87. The minimum atomic E-state index is -0.405. The van der Waals surface area contributed by atoms with Gasteiger partial charge in [0.05, 0.1) is 42.7 Å². The van der Waals surface area contributed by atoms with Crippen LogP contribution in [0.15, 0.2) is 30.3 Å². The normalized spacial score (nSPS) is 14.3. The SMILES string of the molecule is COc1cc(C=CC(=O)OCCN2CCN(Cc3ccc(OC)c(OC)c3OC)CC2)cc(OC)c1OC. The average Bonchev–Trinajstić information content (AvgIpc) is 2.95. The van der Waals surface area contributed by atoms with Crippen molar-refractivity contribution < 1.29 is 38.0 Å². The van der Waals surface area contributed by atoms with E-state index in [9.17, 15) is 4.79 Å². The fraction of sp³-hybridized carbons (Fsp3) is 0.464. The van der Waals surface area contributed by atoms with Gasteiger partial charge in [0.2, 0.25) is 11.5 Å². The maximum absolute atomic E-state index is 12.2. The summed E-state index contributed by atoms with van der Waals surface area (Å²) in [7, 11) is 9.50. The second-order valence-electron chi connectivity index (χ2n) is 8.57. The van der Waals surface area contributed by atoms with E-state index >= 15 is 0 Å². The van der Waals surface area contributed by atoms with Crippen molar-refractivity contribution in [1.29, 1.82) is 0 Å². The lowest BCUT2D eigenvalue weighted by Gasteiger charge is -2.34. The molecule has 1 saturated heterocycles. The Labute approximate surface area is 224 Å². The maximum atomic E-state index is 12.2. The van der Waals surface area contributed by atoms with Crippen molar-refractivity contribution in [2.75, 3.05) is 82.0 Å². The van der Waals surface area contributed by atoms with E-state index in [4.69, 9.17) is 33.2 Å². The summed E-state index contributed by atoms with van der Waals surface area (Å²) < 4.78 is 37.9. The van der Waals surface area contributed by atoms with E-state index in [1.807, 2.05) is 12.1 Å².